The molecule has 108 valence electrons. The number of halogens is 2. The molecule has 0 saturated heterocycles. The fourth-order valence-corrected chi connectivity index (χ4v) is 2.66. The molecule has 1 aliphatic heterocycles. The first kappa shape index (κ1) is 14.1. The summed E-state index contributed by atoms with van der Waals surface area (Å²) >= 11 is 3.31. The number of carbonyl (C=O) groups excluding carboxylic acids is 1. The van der Waals surface area contributed by atoms with Gasteiger partial charge in [-0.25, -0.2) is 4.39 Å². The van der Waals surface area contributed by atoms with Crippen LogP contribution in [-0.4, -0.2) is 5.91 Å². The fourth-order valence-electron chi connectivity index (χ4n) is 2.26. The summed E-state index contributed by atoms with van der Waals surface area (Å²) in [6, 6.07) is 10.3. The molecule has 0 bridgehead atoms. The number of aryl methyl sites for hydroxylation is 1. The Kier molecular flexibility index (Phi) is 3.92. The van der Waals surface area contributed by atoms with E-state index < -0.39 is 0 Å². The Bertz CT molecular complexity index is 703. The molecule has 5 heteroatoms. The lowest BCUT2D eigenvalue weighted by atomic mass is 10.0. The minimum Gasteiger partial charge on any atom is -0.489 e. The van der Waals surface area contributed by atoms with Gasteiger partial charge in [-0.1, -0.05) is 22.0 Å². The Morgan fingerprint density at radius 3 is 2.90 bits per heavy atom. The van der Waals surface area contributed by atoms with Crippen molar-refractivity contribution in [1.29, 1.82) is 0 Å². The maximum atomic E-state index is 13.6. The number of carbonyl (C=O) groups is 1. The lowest BCUT2D eigenvalue weighted by molar-refractivity contribution is -0.116. The number of rotatable bonds is 3. The van der Waals surface area contributed by atoms with Gasteiger partial charge < -0.3 is 10.1 Å². The Morgan fingerprint density at radius 1 is 1.19 bits per heavy atom. The van der Waals surface area contributed by atoms with Crippen LogP contribution in [0.4, 0.5) is 10.1 Å². The molecule has 0 aromatic heterocycles. The maximum Gasteiger partial charge on any atom is 0.224 e. The maximum absolute atomic E-state index is 13.6. The van der Waals surface area contributed by atoms with E-state index in [1.165, 1.54) is 6.07 Å². The van der Waals surface area contributed by atoms with Gasteiger partial charge in [-0.3, -0.25) is 4.79 Å². The molecular weight excluding hydrogens is 337 g/mol. The van der Waals surface area contributed by atoms with Crippen molar-refractivity contribution in [3.05, 3.63) is 57.8 Å². The molecule has 0 aliphatic carbocycles. The van der Waals surface area contributed by atoms with E-state index in [-0.39, 0.29) is 18.3 Å². The van der Waals surface area contributed by atoms with E-state index in [0.29, 0.717) is 17.7 Å². The smallest absolute Gasteiger partial charge is 0.224 e. The van der Waals surface area contributed by atoms with E-state index in [4.69, 9.17) is 4.74 Å². The van der Waals surface area contributed by atoms with Crippen molar-refractivity contribution in [3.63, 3.8) is 0 Å². The van der Waals surface area contributed by atoms with E-state index in [9.17, 15) is 9.18 Å². The van der Waals surface area contributed by atoms with Crippen molar-refractivity contribution < 1.29 is 13.9 Å². The van der Waals surface area contributed by atoms with Gasteiger partial charge in [0.25, 0.3) is 0 Å². The van der Waals surface area contributed by atoms with Crippen LogP contribution in [0.2, 0.25) is 0 Å². The molecule has 1 heterocycles. The van der Waals surface area contributed by atoms with E-state index >= 15 is 0 Å². The van der Waals surface area contributed by atoms with Crippen molar-refractivity contribution in [2.45, 2.75) is 19.4 Å². The zero-order valence-electron chi connectivity index (χ0n) is 11.2. The molecule has 1 amide bonds. The second-order valence-electron chi connectivity index (χ2n) is 4.89. The van der Waals surface area contributed by atoms with E-state index in [1.54, 1.807) is 18.2 Å². The molecule has 0 atom stereocenters. The molecule has 1 aliphatic rings. The molecular formula is C16H13BrFNO2. The van der Waals surface area contributed by atoms with Crippen molar-refractivity contribution in [3.8, 4) is 5.75 Å². The Morgan fingerprint density at radius 2 is 2.05 bits per heavy atom. The van der Waals surface area contributed by atoms with Crippen molar-refractivity contribution in [2.24, 2.45) is 0 Å². The highest BCUT2D eigenvalue weighted by atomic mass is 79.9. The average molecular weight is 350 g/mol. The van der Waals surface area contributed by atoms with Gasteiger partial charge in [-0.05, 0) is 36.2 Å². The number of ether oxygens (including phenoxy) is 1. The van der Waals surface area contributed by atoms with Gasteiger partial charge in [0.05, 0.1) is 0 Å². The summed E-state index contributed by atoms with van der Waals surface area (Å²) in [5.41, 5.74) is 2.35. The number of fused-ring (bicyclic) bond motifs is 1. The van der Waals surface area contributed by atoms with Crippen molar-refractivity contribution in [1.82, 2.24) is 0 Å². The molecule has 0 radical (unpaired) electrons. The molecule has 0 saturated carbocycles. The van der Waals surface area contributed by atoms with Crippen LogP contribution >= 0.6 is 15.9 Å². The summed E-state index contributed by atoms with van der Waals surface area (Å²) < 4.78 is 20.1. The first-order chi connectivity index (χ1) is 10.1. The monoisotopic (exact) mass is 349 g/mol. The zero-order chi connectivity index (χ0) is 14.8. The first-order valence-electron chi connectivity index (χ1n) is 6.61. The average Bonchev–Trinajstić information content (AvgIpc) is 2.47. The summed E-state index contributed by atoms with van der Waals surface area (Å²) in [5, 5.41) is 2.82. The van der Waals surface area contributed by atoms with E-state index in [0.717, 1.165) is 22.1 Å². The first-order valence-corrected chi connectivity index (χ1v) is 7.40. The molecule has 2 aromatic rings. The zero-order valence-corrected chi connectivity index (χ0v) is 12.7. The number of amides is 1. The summed E-state index contributed by atoms with van der Waals surface area (Å²) in [6.45, 7) is 0.137. The van der Waals surface area contributed by atoms with Gasteiger partial charge in [0, 0.05) is 28.2 Å². The molecule has 0 fully saturated rings. The van der Waals surface area contributed by atoms with Crippen LogP contribution in [0.5, 0.6) is 5.75 Å². The summed E-state index contributed by atoms with van der Waals surface area (Å²) in [5.74, 6) is 0.317. The second-order valence-corrected chi connectivity index (χ2v) is 5.81. The van der Waals surface area contributed by atoms with Crippen LogP contribution < -0.4 is 10.1 Å². The fraction of sp³-hybridized carbons (Fsp3) is 0.188. The number of anilines is 1. The molecule has 21 heavy (non-hydrogen) atoms. The van der Waals surface area contributed by atoms with Gasteiger partial charge in [-0.15, -0.1) is 0 Å². The van der Waals surface area contributed by atoms with Gasteiger partial charge in [-0.2, -0.15) is 0 Å². The van der Waals surface area contributed by atoms with Crippen LogP contribution in [0.1, 0.15) is 17.5 Å². The van der Waals surface area contributed by atoms with Crippen LogP contribution in [0.3, 0.4) is 0 Å². The molecule has 3 nitrogen and oxygen atoms in total. The summed E-state index contributed by atoms with van der Waals surface area (Å²) in [7, 11) is 0. The van der Waals surface area contributed by atoms with Gasteiger partial charge in [0.2, 0.25) is 5.91 Å². The molecule has 1 N–H and O–H groups in total. The van der Waals surface area contributed by atoms with Crippen LogP contribution in [0.25, 0.3) is 0 Å². The highest BCUT2D eigenvalue weighted by molar-refractivity contribution is 9.10. The van der Waals surface area contributed by atoms with Crippen LogP contribution in [-0.2, 0) is 17.8 Å². The Hall–Kier alpha value is -1.88. The minimum absolute atomic E-state index is 0.0117. The third kappa shape index (κ3) is 3.24. The van der Waals surface area contributed by atoms with Crippen molar-refractivity contribution in [2.75, 3.05) is 5.32 Å². The third-order valence-corrected chi connectivity index (χ3v) is 3.87. The van der Waals surface area contributed by atoms with Crippen molar-refractivity contribution >= 4 is 27.5 Å². The molecule has 0 unspecified atom stereocenters. The van der Waals surface area contributed by atoms with Crippen LogP contribution in [0.15, 0.2) is 40.9 Å². The number of benzene rings is 2. The van der Waals surface area contributed by atoms with E-state index in [1.807, 2.05) is 12.1 Å². The Labute approximate surface area is 130 Å². The lowest BCUT2D eigenvalue weighted by Crippen LogP contribution is -2.18. The largest absolute Gasteiger partial charge is 0.489 e. The van der Waals surface area contributed by atoms with Gasteiger partial charge in [0.1, 0.15) is 18.2 Å². The number of hydrogen-bond acceptors (Lipinski definition) is 2. The normalized spacial score (nSPS) is 13.5. The predicted octanol–water partition coefficient (Wildman–Crippen LogP) is 4.05. The standard InChI is InChI=1S/C16H13BrFNO2/c17-12-3-5-14(18)11(7-12)9-21-13-4-1-10-2-6-16(20)19-15(10)8-13/h1,3-5,7-8H,2,6,9H2,(H,19,20). The van der Waals surface area contributed by atoms with E-state index in [2.05, 4.69) is 21.2 Å². The SMILES string of the molecule is O=C1CCc2ccc(OCc3cc(Br)ccc3F)cc2N1. The number of hydrogen-bond donors (Lipinski definition) is 1. The third-order valence-electron chi connectivity index (χ3n) is 3.38. The van der Waals surface area contributed by atoms with Gasteiger partial charge >= 0.3 is 0 Å². The molecule has 2 aromatic carbocycles. The molecule has 3 rings (SSSR count). The number of nitrogens with one attached hydrogen (secondary N) is 1. The highest BCUT2D eigenvalue weighted by Crippen LogP contribution is 2.28. The predicted molar refractivity (Wildman–Crippen MR) is 81.8 cm³/mol. The minimum atomic E-state index is -0.301. The quantitative estimate of drug-likeness (QED) is 0.907. The summed E-state index contributed by atoms with van der Waals surface area (Å²) in [6.07, 6.45) is 1.25. The topological polar surface area (TPSA) is 38.3 Å². The van der Waals surface area contributed by atoms with Crippen LogP contribution in [0, 0.1) is 5.82 Å². The lowest BCUT2D eigenvalue weighted by Gasteiger charge is -2.17. The molecule has 0 spiro atoms. The second kappa shape index (κ2) is 5.85. The van der Waals surface area contributed by atoms with Gasteiger partial charge in [0.15, 0.2) is 0 Å². The Balaban J connectivity index is 1.75. The highest BCUT2D eigenvalue weighted by Gasteiger charge is 2.15. The summed E-state index contributed by atoms with van der Waals surface area (Å²) in [4.78, 5) is 11.4.